The van der Waals surface area contributed by atoms with Gasteiger partial charge >= 0.3 is 6.03 Å². The summed E-state index contributed by atoms with van der Waals surface area (Å²) in [5.74, 6) is 0.610. The molecule has 3 fully saturated rings. The maximum Gasteiger partial charge on any atom is 0.325 e. The lowest BCUT2D eigenvalue weighted by molar-refractivity contribution is -0.134. The summed E-state index contributed by atoms with van der Waals surface area (Å²) in [4.78, 5) is 40.3. The molecule has 0 bridgehead atoms. The third kappa shape index (κ3) is 4.31. The van der Waals surface area contributed by atoms with Gasteiger partial charge in [0.2, 0.25) is 5.91 Å². The number of halogens is 1. The largest absolute Gasteiger partial charge is 0.343 e. The van der Waals surface area contributed by atoms with Gasteiger partial charge in [-0.1, -0.05) is 12.8 Å². The van der Waals surface area contributed by atoms with Crippen molar-refractivity contribution in [3.8, 4) is 0 Å². The number of carbonyl (C=O) groups excluding carboxylic acids is 3. The van der Waals surface area contributed by atoms with Crippen LogP contribution in [0.3, 0.4) is 0 Å². The molecule has 0 aromatic rings. The molecule has 1 aliphatic carbocycles. The maximum atomic E-state index is 12.6. The van der Waals surface area contributed by atoms with Gasteiger partial charge in [0.15, 0.2) is 0 Å². The van der Waals surface area contributed by atoms with Crippen molar-refractivity contribution >= 4 is 30.3 Å². The van der Waals surface area contributed by atoms with Crippen LogP contribution in [0.2, 0.25) is 0 Å². The van der Waals surface area contributed by atoms with Gasteiger partial charge in [0.25, 0.3) is 5.91 Å². The number of nitrogens with zero attached hydrogens (tertiary/aromatic N) is 2. The number of likely N-dealkylation sites (tertiary alicyclic amines) is 1. The van der Waals surface area contributed by atoms with E-state index in [4.69, 9.17) is 0 Å². The molecule has 26 heavy (non-hydrogen) atoms. The molecule has 3 aliphatic rings. The van der Waals surface area contributed by atoms with Gasteiger partial charge in [0.05, 0.1) is 0 Å². The number of nitrogens with one attached hydrogen (secondary N) is 2. The SMILES string of the molecule is CNCCC1CCN(C(=O)CCN2C(=O)NC3(CCCC3)C2=O)CC1.Cl. The molecule has 2 heterocycles. The van der Waals surface area contributed by atoms with Crippen LogP contribution in [-0.2, 0) is 9.59 Å². The summed E-state index contributed by atoms with van der Waals surface area (Å²) in [6.45, 7) is 2.80. The van der Waals surface area contributed by atoms with Crippen molar-refractivity contribution < 1.29 is 14.4 Å². The average Bonchev–Trinajstić information content (AvgIpc) is 3.18. The number of rotatable bonds is 6. The number of imide groups is 1. The fraction of sp³-hybridized carbons (Fsp3) is 0.833. The minimum Gasteiger partial charge on any atom is -0.343 e. The Labute approximate surface area is 161 Å². The van der Waals surface area contributed by atoms with Crippen molar-refractivity contribution in [3.05, 3.63) is 0 Å². The van der Waals surface area contributed by atoms with E-state index in [2.05, 4.69) is 10.6 Å². The Morgan fingerprint density at radius 1 is 1.23 bits per heavy atom. The van der Waals surface area contributed by atoms with Crippen LogP contribution in [0, 0.1) is 5.92 Å². The van der Waals surface area contributed by atoms with Crippen molar-refractivity contribution in [2.24, 2.45) is 5.92 Å². The predicted octanol–water partition coefficient (Wildman–Crippen LogP) is 1.51. The molecule has 0 aromatic heterocycles. The van der Waals surface area contributed by atoms with E-state index in [1.165, 1.54) is 4.90 Å². The first kappa shape index (κ1) is 21.0. The van der Waals surface area contributed by atoms with Gasteiger partial charge in [-0.15, -0.1) is 12.4 Å². The first-order valence-corrected chi connectivity index (χ1v) is 9.62. The first-order chi connectivity index (χ1) is 12.1. The molecule has 0 atom stereocenters. The van der Waals surface area contributed by atoms with Crippen LogP contribution in [0.25, 0.3) is 0 Å². The topological polar surface area (TPSA) is 81.8 Å². The van der Waals surface area contributed by atoms with Crippen LogP contribution in [0.5, 0.6) is 0 Å². The van der Waals surface area contributed by atoms with Gasteiger partial charge in [-0.3, -0.25) is 14.5 Å². The van der Waals surface area contributed by atoms with Gasteiger partial charge in [0.1, 0.15) is 5.54 Å². The van der Waals surface area contributed by atoms with E-state index in [1.807, 2.05) is 11.9 Å². The Morgan fingerprint density at radius 3 is 2.50 bits per heavy atom. The second-order valence-corrected chi connectivity index (χ2v) is 7.64. The van der Waals surface area contributed by atoms with Crippen molar-refractivity contribution in [1.29, 1.82) is 0 Å². The molecule has 4 amide bonds. The van der Waals surface area contributed by atoms with Crippen LogP contribution in [0.15, 0.2) is 0 Å². The van der Waals surface area contributed by atoms with Crippen molar-refractivity contribution in [1.82, 2.24) is 20.4 Å². The van der Waals surface area contributed by atoms with Crippen LogP contribution < -0.4 is 10.6 Å². The summed E-state index contributed by atoms with van der Waals surface area (Å²) in [6.07, 6.45) is 6.87. The van der Waals surface area contributed by atoms with E-state index in [0.29, 0.717) is 5.92 Å². The third-order valence-corrected chi connectivity index (χ3v) is 6.02. The fourth-order valence-corrected chi connectivity index (χ4v) is 4.38. The molecule has 0 aromatic carbocycles. The predicted molar refractivity (Wildman–Crippen MR) is 101 cm³/mol. The Kier molecular flexibility index (Phi) is 7.29. The summed E-state index contributed by atoms with van der Waals surface area (Å²) < 4.78 is 0. The molecule has 8 heteroatoms. The number of piperidine rings is 1. The van der Waals surface area contributed by atoms with E-state index in [0.717, 1.165) is 64.6 Å². The Bertz CT molecular complexity index is 529. The standard InChI is InChI=1S/C18H30N4O3.ClH/c1-19-10-4-14-5-11-21(12-6-14)15(23)7-13-22-16(24)18(20-17(22)25)8-2-3-9-18;/h14,19H,2-13H2,1H3,(H,20,25);1H. The molecule has 148 valence electrons. The second-order valence-electron chi connectivity index (χ2n) is 7.64. The molecular weight excluding hydrogens is 356 g/mol. The van der Waals surface area contributed by atoms with Gasteiger partial charge in [0, 0.05) is 26.1 Å². The van der Waals surface area contributed by atoms with Gasteiger partial charge in [-0.05, 0) is 51.6 Å². The molecule has 2 saturated heterocycles. The lowest BCUT2D eigenvalue weighted by Crippen LogP contribution is -2.44. The smallest absolute Gasteiger partial charge is 0.325 e. The number of hydrogen-bond acceptors (Lipinski definition) is 4. The van der Waals surface area contributed by atoms with Crippen LogP contribution in [0.4, 0.5) is 4.79 Å². The minimum atomic E-state index is -0.675. The fourth-order valence-electron chi connectivity index (χ4n) is 4.38. The zero-order chi connectivity index (χ0) is 17.9. The minimum absolute atomic E-state index is 0. The van der Waals surface area contributed by atoms with E-state index < -0.39 is 5.54 Å². The highest BCUT2D eigenvalue weighted by Gasteiger charge is 2.52. The van der Waals surface area contributed by atoms with Gasteiger partial charge < -0.3 is 15.5 Å². The lowest BCUT2D eigenvalue weighted by Gasteiger charge is -2.32. The monoisotopic (exact) mass is 386 g/mol. The first-order valence-electron chi connectivity index (χ1n) is 9.62. The van der Waals surface area contributed by atoms with Crippen molar-refractivity contribution in [2.75, 3.05) is 33.2 Å². The highest BCUT2D eigenvalue weighted by molar-refractivity contribution is 6.07. The number of hydrogen-bond donors (Lipinski definition) is 2. The summed E-state index contributed by atoms with van der Waals surface area (Å²) in [5, 5.41) is 6.04. The zero-order valence-corrected chi connectivity index (χ0v) is 16.4. The third-order valence-electron chi connectivity index (χ3n) is 6.02. The van der Waals surface area contributed by atoms with E-state index in [9.17, 15) is 14.4 Å². The Morgan fingerprint density at radius 2 is 1.88 bits per heavy atom. The van der Waals surface area contributed by atoms with Crippen LogP contribution in [-0.4, -0.2) is 66.4 Å². The summed E-state index contributed by atoms with van der Waals surface area (Å²) in [7, 11) is 1.96. The van der Waals surface area contributed by atoms with Gasteiger partial charge in [-0.2, -0.15) is 0 Å². The van der Waals surface area contributed by atoms with Crippen LogP contribution in [0.1, 0.15) is 51.4 Å². The highest BCUT2D eigenvalue weighted by Crippen LogP contribution is 2.35. The average molecular weight is 387 g/mol. The molecular formula is C18H31ClN4O3. The molecule has 1 saturated carbocycles. The summed E-state index contributed by atoms with van der Waals surface area (Å²) >= 11 is 0. The normalized spacial score (nSPS) is 22.7. The number of carbonyl (C=O) groups is 3. The van der Waals surface area contributed by atoms with Crippen molar-refractivity contribution in [2.45, 2.75) is 56.9 Å². The molecule has 3 rings (SSSR count). The number of amides is 4. The lowest BCUT2D eigenvalue weighted by atomic mass is 9.93. The molecule has 2 aliphatic heterocycles. The Hall–Kier alpha value is -1.34. The Balaban J connectivity index is 0.00000243. The molecule has 2 N–H and O–H groups in total. The van der Waals surface area contributed by atoms with Crippen LogP contribution >= 0.6 is 12.4 Å². The quantitative estimate of drug-likeness (QED) is 0.678. The second kappa shape index (κ2) is 9.04. The van der Waals surface area contributed by atoms with E-state index in [1.54, 1.807) is 0 Å². The number of urea groups is 1. The summed E-state index contributed by atoms with van der Waals surface area (Å²) in [6, 6.07) is -0.328. The zero-order valence-electron chi connectivity index (χ0n) is 15.6. The maximum absolute atomic E-state index is 12.6. The van der Waals surface area contributed by atoms with E-state index >= 15 is 0 Å². The molecule has 0 unspecified atom stereocenters. The molecule has 1 spiro atoms. The van der Waals surface area contributed by atoms with E-state index in [-0.39, 0.29) is 43.2 Å². The van der Waals surface area contributed by atoms with Crippen molar-refractivity contribution in [3.63, 3.8) is 0 Å². The molecule has 0 radical (unpaired) electrons. The highest BCUT2D eigenvalue weighted by atomic mass is 35.5. The molecule has 7 nitrogen and oxygen atoms in total. The van der Waals surface area contributed by atoms with Gasteiger partial charge in [-0.25, -0.2) is 4.79 Å². The summed E-state index contributed by atoms with van der Waals surface area (Å²) in [5.41, 5.74) is -0.675.